The summed E-state index contributed by atoms with van der Waals surface area (Å²) in [6.07, 6.45) is -2.54. The van der Waals surface area contributed by atoms with Crippen LogP contribution in [0.15, 0.2) is 6.07 Å². The third-order valence-electron chi connectivity index (χ3n) is 3.08. The summed E-state index contributed by atoms with van der Waals surface area (Å²) >= 11 is 0. The molecule has 0 aliphatic heterocycles. The van der Waals surface area contributed by atoms with Gasteiger partial charge in [0.2, 0.25) is 5.95 Å². The van der Waals surface area contributed by atoms with Crippen molar-refractivity contribution in [1.82, 2.24) is 9.97 Å². The molecule has 0 radical (unpaired) electrons. The third-order valence-corrected chi connectivity index (χ3v) is 3.08. The van der Waals surface area contributed by atoms with Crippen molar-refractivity contribution in [3.8, 4) is 0 Å². The third kappa shape index (κ3) is 3.48. The molecule has 0 amide bonds. The van der Waals surface area contributed by atoms with E-state index in [0.717, 1.165) is 18.9 Å². The molecule has 1 heterocycles. The SMILES string of the molecule is CCNc1nc(NC2CC(C)C2)cc(C(F)(F)F)n1. The number of nitrogens with zero attached hydrogens (tertiary/aromatic N) is 2. The van der Waals surface area contributed by atoms with Gasteiger partial charge in [-0.1, -0.05) is 6.92 Å². The zero-order valence-electron chi connectivity index (χ0n) is 10.9. The number of nitrogens with one attached hydrogen (secondary N) is 2. The summed E-state index contributed by atoms with van der Waals surface area (Å²) in [5.74, 6) is 0.858. The molecule has 0 spiro atoms. The Hall–Kier alpha value is -1.53. The predicted octanol–water partition coefficient (Wildman–Crippen LogP) is 3.14. The smallest absolute Gasteiger partial charge is 0.367 e. The zero-order chi connectivity index (χ0) is 14.0. The Kier molecular flexibility index (Phi) is 3.82. The van der Waals surface area contributed by atoms with Crippen LogP contribution in [0.25, 0.3) is 0 Å². The molecular weight excluding hydrogens is 257 g/mol. The van der Waals surface area contributed by atoms with Gasteiger partial charge in [-0.15, -0.1) is 0 Å². The maximum atomic E-state index is 12.7. The molecule has 0 atom stereocenters. The second-order valence-corrected chi connectivity index (χ2v) is 4.91. The van der Waals surface area contributed by atoms with Crippen molar-refractivity contribution in [2.24, 2.45) is 5.92 Å². The first-order valence-corrected chi connectivity index (χ1v) is 6.35. The van der Waals surface area contributed by atoms with E-state index in [4.69, 9.17) is 0 Å². The minimum Gasteiger partial charge on any atom is -0.367 e. The highest BCUT2D eigenvalue weighted by atomic mass is 19.4. The van der Waals surface area contributed by atoms with E-state index in [1.165, 1.54) is 0 Å². The van der Waals surface area contributed by atoms with E-state index in [0.29, 0.717) is 12.5 Å². The van der Waals surface area contributed by atoms with Crippen molar-refractivity contribution >= 4 is 11.8 Å². The summed E-state index contributed by atoms with van der Waals surface area (Å²) in [6.45, 7) is 4.37. The lowest BCUT2D eigenvalue weighted by Crippen LogP contribution is -2.34. The van der Waals surface area contributed by atoms with E-state index < -0.39 is 11.9 Å². The van der Waals surface area contributed by atoms with E-state index in [1.807, 2.05) is 0 Å². The predicted molar refractivity (Wildman–Crippen MR) is 67.0 cm³/mol. The maximum absolute atomic E-state index is 12.7. The van der Waals surface area contributed by atoms with Gasteiger partial charge in [-0.25, -0.2) is 4.98 Å². The molecule has 1 aliphatic rings. The van der Waals surface area contributed by atoms with Crippen LogP contribution in [0.3, 0.4) is 0 Å². The fraction of sp³-hybridized carbons (Fsp3) is 0.667. The Morgan fingerprint density at radius 3 is 2.53 bits per heavy atom. The summed E-state index contributed by atoms with van der Waals surface area (Å²) < 4.78 is 38.2. The van der Waals surface area contributed by atoms with Gasteiger partial charge < -0.3 is 10.6 Å². The van der Waals surface area contributed by atoms with Crippen LogP contribution >= 0.6 is 0 Å². The van der Waals surface area contributed by atoms with Crippen LogP contribution in [-0.2, 0) is 6.18 Å². The number of rotatable bonds is 4. The highest BCUT2D eigenvalue weighted by Gasteiger charge is 2.34. The lowest BCUT2D eigenvalue weighted by molar-refractivity contribution is -0.141. The van der Waals surface area contributed by atoms with Crippen molar-refractivity contribution in [1.29, 1.82) is 0 Å². The van der Waals surface area contributed by atoms with Gasteiger partial charge in [0.05, 0.1) is 0 Å². The molecule has 0 unspecified atom stereocenters. The minimum atomic E-state index is -4.46. The summed E-state index contributed by atoms with van der Waals surface area (Å²) in [5, 5.41) is 5.75. The summed E-state index contributed by atoms with van der Waals surface area (Å²) in [5.41, 5.74) is -0.923. The van der Waals surface area contributed by atoms with Crippen LogP contribution < -0.4 is 10.6 Å². The van der Waals surface area contributed by atoms with Gasteiger partial charge in [0.1, 0.15) is 5.82 Å². The maximum Gasteiger partial charge on any atom is 0.433 e. The fourth-order valence-electron chi connectivity index (χ4n) is 2.13. The van der Waals surface area contributed by atoms with E-state index in [1.54, 1.807) is 6.92 Å². The average Bonchev–Trinajstić information content (AvgIpc) is 2.26. The largest absolute Gasteiger partial charge is 0.433 e. The summed E-state index contributed by atoms with van der Waals surface area (Å²) in [4.78, 5) is 7.52. The normalized spacial score (nSPS) is 22.8. The lowest BCUT2D eigenvalue weighted by Gasteiger charge is -2.33. The molecule has 0 saturated heterocycles. The van der Waals surface area contributed by atoms with Crippen LogP contribution in [0.2, 0.25) is 0 Å². The zero-order valence-corrected chi connectivity index (χ0v) is 10.9. The number of alkyl halides is 3. The van der Waals surface area contributed by atoms with Crippen LogP contribution in [-0.4, -0.2) is 22.6 Å². The highest BCUT2D eigenvalue weighted by molar-refractivity contribution is 5.44. The quantitative estimate of drug-likeness (QED) is 0.885. The highest BCUT2D eigenvalue weighted by Crippen LogP contribution is 2.32. The van der Waals surface area contributed by atoms with Gasteiger partial charge in [-0.2, -0.15) is 18.2 Å². The molecule has 2 N–H and O–H groups in total. The molecule has 0 bridgehead atoms. The fourth-order valence-corrected chi connectivity index (χ4v) is 2.13. The molecule has 1 aliphatic carbocycles. The Morgan fingerprint density at radius 1 is 1.32 bits per heavy atom. The second-order valence-electron chi connectivity index (χ2n) is 4.91. The van der Waals surface area contributed by atoms with Gasteiger partial charge in [0.25, 0.3) is 0 Å². The molecular formula is C12H17F3N4. The van der Waals surface area contributed by atoms with E-state index >= 15 is 0 Å². The first-order valence-electron chi connectivity index (χ1n) is 6.35. The number of anilines is 2. The lowest BCUT2D eigenvalue weighted by atomic mass is 9.82. The van der Waals surface area contributed by atoms with Crippen LogP contribution in [0.4, 0.5) is 24.9 Å². The van der Waals surface area contributed by atoms with Crippen molar-refractivity contribution in [3.05, 3.63) is 11.8 Å². The molecule has 7 heteroatoms. The molecule has 1 aromatic heterocycles. The Labute approximate surface area is 109 Å². The average molecular weight is 274 g/mol. The molecule has 0 aromatic carbocycles. The van der Waals surface area contributed by atoms with Crippen molar-refractivity contribution in [3.63, 3.8) is 0 Å². The molecule has 4 nitrogen and oxygen atoms in total. The van der Waals surface area contributed by atoms with Gasteiger partial charge in [0, 0.05) is 18.7 Å². The molecule has 106 valence electrons. The van der Waals surface area contributed by atoms with Crippen molar-refractivity contribution < 1.29 is 13.2 Å². The van der Waals surface area contributed by atoms with Crippen LogP contribution in [0.5, 0.6) is 0 Å². The second kappa shape index (κ2) is 5.22. The van der Waals surface area contributed by atoms with Gasteiger partial charge >= 0.3 is 6.18 Å². The van der Waals surface area contributed by atoms with Gasteiger partial charge in [-0.3, -0.25) is 0 Å². The van der Waals surface area contributed by atoms with E-state index in [2.05, 4.69) is 27.5 Å². The van der Waals surface area contributed by atoms with Gasteiger partial charge in [0.15, 0.2) is 5.69 Å². The Balaban J connectivity index is 2.19. The molecule has 2 rings (SSSR count). The van der Waals surface area contributed by atoms with Crippen molar-refractivity contribution in [2.45, 2.75) is 38.9 Å². The number of hydrogen-bond donors (Lipinski definition) is 2. The molecule has 1 saturated carbocycles. The van der Waals surface area contributed by atoms with Gasteiger partial charge in [-0.05, 0) is 25.7 Å². The van der Waals surface area contributed by atoms with E-state index in [-0.39, 0.29) is 17.8 Å². The van der Waals surface area contributed by atoms with Crippen LogP contribution in [0.1, 0.15) is 32.4 Å². The number of hydrogen-bond acceptors (Lipinski definition) is 4. The first kappa shape index (κ1) is 13.9. The Bertz CT molecular complexity index is 441. The Morgan fingerprint density at radius 2 is 2.00 bits per heavy atom. The molecule has 19 heavy (non-hydrogen) atoms. The first-order chi connectivity index (χ1) is 8.88. The van der Waals surface area contributed by atoms with Crippen molar-refractivity contribution in [2.75, 3.05) is 17.2 Å². The summed E-state index contributed by atoms with van der Waals surface area (Å²) in [7, 11) is 0. The van der Waals surface area contributed by atoms with E-state index in [9.17, 15) is 13.2 Å². The standard InChI is InChI=1S/C12H17F3N4/c1-3-16-11-18-9(12(13,14)15)6-10(19-11)17-8-4-7(2)5-8/h6-8H,3-5H2,1-2H3,(H2,16,17,18,19). The topological polar surface area (TPSA) is 49.8 Å². The summed E-state index contributed by atoms with van der Waals surface area (Å²) in [6, 6.07) is 1.17. The minimum absolute atomic E-state index is 0.00666. The monoisotopic (exact) mass is 274 g/mol. The molecule has 1 aromatic rings. The number of aromatic nitrogens is 2. The number of halogens is 3. The van der Waals surface area contributed by atoms with Crippen LogP contribution in [0, 0.1) is 5.92 Å². The molecule has 1 fully saturated rings.